The van der Waals surface area contributed by atoms with Crippen molar-refractivity contribution in [2.75, 3.05) is 13.2 Å². The summed E-state index contributed by atoms with van der Waals surface area (Å²) < 4.78 is 134. The molecule has 0 unspecified atom stereocenters. The minimum atomic E-state index is -10.7. The quantitative estimate of drug-likeness (QED) is 0.0802. The monoisotopic (exact) mass is 800 g/mol. The van der Waals surface area contributed by atoms with Crippen molar-refractivity contribution in [3.63, 3.8) is 0 Å². The minimum absolute atomic E-state index is 0.488. The van der Waals surface area contributed by atoms with Crippen molar-refractivity contribution in [3.8, 4) is 33.8 Å². The van der Waals surface area contributed by atoms with Crippen LogP contribution >= 0.6 is 27.2 Å². The van der Waals surface area contributed by atoms with Crippen LogP contribution in [0.3, 0.4) is 0 Å². The van der Waals surface area contributed by atoms with Crippen LogP contribution in [0.5, 0.6) is 11.5 Å². The molecule has 0 atom stereocenters. The van der Waals surface area contributed by atoms with Crippen molar-refractivity contribution in [2.45, 2.75) is 13.1 Å². The summed E-state index contributed by atoms with van der Waals surface area (Å²) in [5, 5.41) is 0.562. The van der Waals surface area contributed by atoms with Gasteiger partial charge in [0.1, 0.15) is 24.7 Å². The van der Waals surface area contributed by atoms with Crippen LogP contribution < -0.4 is 18.6 Å². The van der Waals surface area contributed by atoms with Crippen LogP contribution in [0.4, 0.5) is 50.4 Å². The summed E-state index contributed by atoms with van der Waals surface area (Å²) in [6.07, 6.45) is 15.4. The molecule has 0 radical (unpaired) electrons. The van der Waals surface area contributed by atoms with E-state index >= 15 is 0 Å². The van der Waals surface area contributed by atoms with Gasteiger partial charge in [-0.25, -0.2) is 9.13 Å². The third-order valence-corrected chi connectivity index (χ3v) is 6.25. The molecule has 280 valence electrons. The Morgan fingerprint density at radius 1 is 0.490 bits per heavy atom. The van der Waals surface area contributed by atoms with E-state index in [1.165, 1.54) is 0 Å². The van der Waals surface area contributed by atoms with Crippen LogP contribution in [0.15, 0.2) is 116 Å². The Morgan fingerprint density at radius 3 is 1.20 bits per heavy atom. The van der Waals surface area contributed by atoms with Crippen molar-refractivity contribution in [1.82, 2.24) is 9.97 Å². The molecule has 0 amide bonds. The van der Waals surface area contributed by atoms with Crippen LogP contribution in [0.1, 0.15) is 0 Å². The van der Waals surface area contributed by atoms with Crippen LogP contribution in [-0.2, 0) is 13.1 Å². The zero-order chi connectivity index (χ0) is 38.1. The third kappa shape index (κ3) is 20.9. The molecule has 5 aromatic rings. The van der Waals surface area contributed by atoms with Crippen LogP contribution in [0.25, 0.3) is 22.3 Å². The van der Waals surface area contributed by atoms with Gasteiger partial charge in [-0.1, -0.05) is 11.6 Å². The van der Waals surface area contributed by atoms with Crippen molar-refractivity contribution in [2.24, 2.45) is 0 Å². The molecule has 0 aliphatic rings. The standard InChI is InChI=1S/C30H27ClN4O2.2F6P/c31-29-2-1-28(36-21-19-34-15-7-26(8-16-34)24-3-11-32-12-4-24)23-30(29)37-22-20-35-17-9-27(10-18-35)25-5-13-33-14-6-25;2*1-7(2,3,4,5)6/h1-18,23H,19-22H2;;/q+2;2*-1. The number of halogens is 13. The number of hydrogen-bond acceptors (Lipinski definition) is 4. The molecule has 0 aliphatic heterocycles. The maximum absolute atomic E-state index is 10.7. The first-order valence-corrected chi connectivity index (χ1v) is 18.5. The van der Waals surface area contributed by atoms with E-state index in [0.29, 0.717) is 30.5 Å². The second-order valence-electron chi connectivity index (χ2n) is 10.3. The van der Waals surface area contributed by atoms with E-state index in [0.717, 1.165) is 34.5 Å². The average Bonchev–Trinajstić information content (AvgIpc) is 3.01. The normalized spacial score (nSPS) is 14.1. The summed E-state index contributed by atoms with van der Waals surface area (Å²) in [6, 6.07) is 21.9. The molecule has 21 heteroatoms. The SMILES string of the molecule is Clc1ccc(OCC[n+]2ccc(-c3ccncc3)cc2)cc1OCC[n+]1ccc(-c2ccncc2)cc1.F[P-](F)(F)(F)(F)F.F[P-](F)(F)(F)(F)F. The summed E-state index contributed by atoms with van der Waals surface area (Å²) in [6.45, 7) is 2.44. The number of pyridine rings is 4. The Kier molecular flexibility index (Phi) is 11.6. The van der Waals surface area contributed by atoms with Gasteiger partial charge in [-0.15, -0.1) is 0 Å². The Balaban J connectivity index is 0.000000424. The molecule has 51 heavy (non-hydrogen) atoms. The summed E-state index contributed by atoms with van der Waals surface area (Å²) in [5.41, 5.74) is 4.59. The van der Waals surface area contributed by atoms with Gasteiger partial charge in [-0.3, -0.25) is 9.97 Å². The van der Waals surface area contributed by atoms with Gasteiger partial charge >= 0.3 is 66.0 Å². The fraction of sp³-hybridized carbons (Fsp3) is 0.133. The second kappa shape index (κ2) is 14.4. The van der Waals surface area contributed by atoms with E-state index in [1.807, 2.05) is 48.8 Å². The van der Waals surface area contributed by atoms with Crippen molar-refractivity contribution >= 4 is 27.2 Å². The molecule has 0 saturated carbocycles. The van der Waals surface area contributed by atoms with Gasteiger partial charge in [0, 0.05) is 55.1 Å². The average molecular weight is 801 g/mol. The molecule has 4 heterocycles. The first-order valence-electron chi connectivity index (χ1n) is 14.1. The maximum atomic E-state index is 9.87. The zero-order valence-corrected chi connectivity index (χ0v) is 28.3. The van der Waals surface area contributed by atoms with Crippen molar-refractivity contribution in [3.05, 3.63) is 121 Å². The van der Waals surface area contributed by atoms with E-state index in [9.17, 15) is 50.4 Å². The van der Waals surface area contributed by atoms with Gasteiger partial charge in [0.2, 0.25) is 0 Å². The molecule has 6 nitrogen and oxygen atoms in total. The molecule has 0 N–H and O–H groups in total. The van der Waals surface area contributed by atoms with E-state index in [1.54, 1.807) is 30.9 Å². The second-order valence-corrected chi connectivity index (χ2v) is 14.6. The van der Waals surface area contributed by atoms with Gasteiger partial charge in [-0.05, 0) is 58.7 Å². The van der Waals surface area contributed by atoms with Gasteiger partial charge < -0.3 is 9.47 Å². The van der Waals surface area contributed by atoms with Gasteiger partial charge in [-0.2, -0.15) is 0 Å². The van der Waals surface area contributed by atoms with E-state index in [2.05, 4.69) is 55.8 Å². The summed E-state index contributed by atoms with van der Waals surface area (Å²) >= 11 is 6.36. The molecule has 1 aromatic carbocycles. The predicted molar refractivity (Wildman–Crippen MR) is 169 cm³/mol. The molecule has 0 aliphatic carbocycles. The van der Waals surface area contributed by atoms with E-state index < -0.39 is 15.6 Å². The van der Waals surface area contributed by atoms with Crippen LogP contribution in [0.2, 0.25) is 5.02 Å². The molecular formula is C30H27ClF12N4O2P2. The molecule has 5 rings (SSSR count). The molecule has 0 fully saturated rings. The first kappa shape index (κ1) is 41.2. The number of rotatable bonds is 10. The summed E-state index contributed by atoms with van der Waals surface area (Å²) in [4.78, 5) is 8.14. The summed E-state index contributed by atoms with van der Waals surface area (Å²) in [7, 11) is -21.3. The fourth-order valence-electron chi connectivity index (χ4n) is 3.90. The number of nitrogens with zero attached hydrogens (tertiary/aromatic N) is 4. The first-order chi connectivity index (χ1) is 23.1. The molecule has 0 spiro atoms. The van der Waals surface area contributed by atoms with E-state index in [-0.39, 0.29) is 0 Å². The Hall–Kier alpha value is -4.27. The number of aromatic nitrogens is 4. The number of hydrogen-bond donors (Lipinski definition) is 0. The van der Waals surface area contributed by atoms with Gasteiger partial charge in [0.25, 0.3) is 0 Å². The van der Waals surface area contributed by atoms with Crippen molar-refractivity contribution in [1.29, 1.82) is 0 Å². The topological polar surface area (TPSA) is 52.0 Å². The molecule has 4 aromatic heterocycles. The molecule has 0 bridgehead atoms. The third-order valence-electron chi connectivity index (χ3n) is 5.94. The van der Waals surface area contributed by atoms with E-state index in [4.69, 9.17) is 21.1 Å². The molecular weight excluding hydrogens is 774 g/mol. The Bertz CT molecular complexity index is 1820. The number of benzene rings is 1. The summed E-state index contributed by atoms with van der Waals surface area (Å²) in [5.74, 6) is 1.34. The molecule has 0 saturated heterocycles. The van der Waals surface area contributed by atoms with Crippen molar-refractivity contribution < 1.29 is 69.0 Å². The van der Waals surface area contributed by atoms with Gasteiger partial charge in [0.15, 0.2) is 37.9 Å². The fourth-order valence-corrected chi connectivity index (χ4v) is 4.07. The number of ether oxygens (including phenoxy) is 2. The van der Waals surface area contributed by atoms with Gasteiger partial charge in [0.05, 0.1) is 5.02 Å². The Labute approximate surface area is 287 Å². The predicted octanol–water partition coefficient (Wildman–Crippen LogP) is 12.0. The Morgan fingerprint density at radius 2 is 0.824 bits per heavy atom. The van der Waals surface area contributed by atoms with Crippen LogP contribution in [-0.4, -0.2) is 23.2 Å². The van der Waals surface area contributed by atoms with Crippen LogP contribution in [0, 0.1) is 0 Å². The zero-order valence-electron chi connectivity index (χ0n) is 25.7.